The molecule has 2 aliphatic rings. The monoisotopic (exact) mass is 540 g/mol. The Morgan fingerprint density at radius 2 is 1.89 bits per heavy atom. The molecule has 1 saturated carbocycles. The number of aromatic nitrogens is 2. The van der Waals surface area contributed by atoms with Gasteiger partial charge in [-0.1, -0.05) is 31.7 Å². The molecule has 0 amide bonds. The van der Waals surface area contributed by atoms with Gasteiger partial charge in [-0.2, -0.15) is 13.9 Å². The lowest BCUT2D eigenvalue weighted by molar-refractivity contribution is 0.115. The van der Waals surface area contributed by atoms with Gasteiger partial charge in [0.1, 0.15) is 21.2 Å². The fourth-order valence-corrected chi connectivity index (χ4v) is 5.92. The number of fused-ring (bicyclic) bond motifs is 1. The molecule has 0 spiro atoms. The molecule has 202 valence electrons. The Morgan fingerprint density at radius 1 is 1.18 bits per heavy atom. The Morgan fingerprint density at radius 3 is 2.53 bits per heavy atom. The second-order valence-electron chi connectivity index (χ2n) is 10.1. The molecule has 1 aromatic carbocycles. The topological polar surface area (TPSA) is 65.2 Å². The SMILES string of the molecule is C=C(NCc1ccc(N2CCN(S(=C)(=O)C(C)(F)F)C(C3CC3)=N2)cc1)c1c(CC)nc2ccc(C)cn12. The molecule has 0 saturated heterocycles. The minimum Gasteiger partial charge on any atom is -0.380 e. The maximum Gasteiger partial charge on any atom is 0.327 e. The molecule has 0 radical (unpaired) electrons. The summed E-state index contributed by atoms with van der Waals surface area (Å²) in [7, 11) is -3.80. The van der Waals surface area contributed by atoms with Gasteiger partial charge in [0.05, 0.1) is 35.9 Å². The highest BCUT2D eigenvalue weighted by atomic mass is 32.2. The van der Waals surface area contributed by atoms with Crippen molar-refractivity contribution in [2.24, 2.45) is 11.0 Å². The van der Waals surface area contributed by atoms with Crippen LogP contribution in [0.15, 0.2) is 54.3 Å². The number of hydrogen-bond donors (Lipinski definition) is 1. The molecular weight excluding hydrogens is 506 g/mol. The van der Waals surface area contributed by atoms with Gasteiger partial charge < -0.3 is 5.32 Å². The van der Waals surface area contributed by atoms with Crippen LogP contribution in [0.25, 0.3) is 11.3 Å². The molecule has 5 rings (SSSR count). The predicted molar refractivity (Wildman–Crippen MR) is 152 cm³/mol. The number of halogens is 2. The van der Waals surface area contributed by atoms with E-state index in [0.717, 1.165) is 58.8 Å². The third-order valence-electron chi connectivity index (χ3n) is 7.05. The number of amidine groups is 1. The van der Waals surface area contributed by atoms with Gasteiger partial charge in [0.2, 0.25) is 0 Å². The van der Waals surface area contributed by atoms with Gasteiger partial charge in [0.25, 0.3) is 0 Å². The van der Waals surface area contributed by atoms with Crippen LogP contribution in [0.3, 0.4) is 0 Å². The summed E-state index contributed by atoms with van der Waals surface area (Å²) in [5.74, 6) is 3.91. The summed E-state index contributed by atoms with van der Waals surface area (Å²) in [5, 5.41) is 6.48. The minimum atomic E-state index is -3.80. The van der Waals surface area contributed by atoms with E-state index < -0.39 is 15.0 Å². The number of hydrazone groups is 1. The first-order valence-electron chi connectivity index (χ1n) is 12.9. The summed E-state index contributed by atoms with van der Waals surface area (Å²) in [6, 6.07) is 12.0. The fourth-order valence-electron chi connectivity index (χ4n) is 4.67. The van der Waals surface area contributed by atoms with Crippen LogP contribution in [0.2, 0.25) is 0 Å². The van der Waals surface area contributed by atoms with E-state index in [1.807, 2.05) is 30.3 Å². The largest absolute Gasteiger partial charge is 0.380 e. The summed E-state index contributed by atoms with van der Waals surface area (Å²) in [5.41, 5.74) is 6.77. The molecule has 1 aliphatic carbocycles. The van der Waals surface area contributed by atoms with Crippen molar-refractivity contribution in [3.8, 4) is 0 Å². The van der Waals surface area contributed by atoms with Crippen molar-refractivity contribution < 1.29 is 13.0 Å². The van der Waals surface area contributed by atoms with E-state index >= 15 is 0 Å². The summed E-state index contributed by atoms with van der Waals surface area (Å²) in [6.07, 6.45) is 4.59. The van der Waals surface area contributed by atoms with Crippen LogP contribution < -0.4 is 10.3 Å². The number of nitrogens with zero attached hydrogens (tertiary/aromatic N) is 5. The van der Waals surface area contributed by atoms with E-state index in [1.54, 1.807) is 5.01 Å². The number of nitrogens with one attached hydrogen (secondary N) is 1. The molecule has 7 nitrogen and oxygen atoms in total. The van der Waals surface area contributed by atoms with Gasteiger partial charge in [-0.15, -0.1) is 0 Å². The molecule has 1 atom stereocenters. The lowest BCUT2D eigenvalue weighted by Crippen LogP contribution is -2.51. The predicted octanol–water partition coefficient (Wildman–Crippen LogP) is 5.06. The highest BCUT2D eigenvalue weighted by Gasteiger charge is 2.45. The van der Waals surface area contributed by atoms with Gasteiger partial charge in [-0.3, -0.25) is 13.7 Å². The second-order valence-corrected chi connectivity index (χ2v) is 12.5. The van der Waals surface area contributed by atoms with Crippen LogP contribution in [0.1, 0.15) is 49.2 Å². The number of hydrogen-bond acceptors (Lipinski definition) is 5. The smallest absolute Gasteiger partial charge is 0.327 e. The lowest BCUT2D eigenvalue weighted by atomic mass is 10.1. The van der Waals surface area contributed by atoms with E-state index in [0.29, 0.717) is 25.8 Å². The quantitative estimate of drug-likeness (QED) is 0.386. The van der Waals surface area contributed by atoms with Crippen molar-refractivity contribution in [3.63, 3.8) is 0 Å². The first kappa shape index (κ1) is 26.2. The van der Waals surface area contributed by atoms with E-state index in [1.165, 1.54) is 4.31 Å². The van der Waals surface area contributed by atoms with Gasteiger partial charge in [-0.05, 0) is 61.4 Å². The maximum absolute atomic E-state index is 14.1. The number of imidazole rings is 1. The van der Waals surface area contributed by atoms with Crippen molar-refractivity contribution in [2.75, 3.05) is 18.1 Å². The zero-order valence-electron chi connectivity index (χ0n) is 22.1. The lowest BCUT2D eigenvalue weighted by Gasteiger charge is -2.38. The van der Waals surface area contributed by atoms with E-state index in [9.17, 15) is 13.0 Å². The fraction of sp³-hybridized carbons (Fsp3) is 0.393. The minimum absolute atomic E-state index is 0.0497. The average Bonchev–Trinajstić information content (AvgIpc) is 3.67. The third kappa shape index (κ3) is 4.89. The van der Waals surface area contributed by atoms with Crippen molar-refractivity contribution in [3.05, 3.63) is 71.7 Å². The molecule has 1 unspecified atom stereocenters. The molecule has 38 heavy (non-hydrogen) atoms. The van der Waals surface area contributed by atoms with Gasteiger partial charge in [0, 0.05) is 25.6 Å². The van der Waals surface area contributed by atoms with Gasteiger partial charge >= 0.3 is 5.25 Å². The highest BCUT2D eigenvalue weighted by Crippen LogP contribution is 2.37. The second kappa shape index (κ2) is 9.72. The van der Waals surface area contributed by atoms with Crippen LogP contribution >= 0.6 is 0 Å². The summed E-state index contributed by atoms with van der Waals surface area (Å²) < 4.78 is 44.4. The zero-order valence-corrected chi connectivity index (χ0v) is 22.9. The molecule has 1 N–H and O–H groups in total. The standard InChI is InChI=1S/C28H34F2N6OS/c1-6-24-26(34-18-19(2)7-14-25(34)32-24)20(3)31-17-21-8-12-23(13-9-21)35-15-16-36(27(33-35)22-10-11-22)38(5,37)28(4,29)30/h7-9,12-14,18,22,31H,3,5-6,10-11,15-17H2,1-2,4H3. The van der Waals surface area contributed by atoms with Crippen LogP contribution in [0.4, 0.5) is 14.5 Å². The number of alkyl halides is 2. The maximum atomic E-state index is 14.1. The first-order chi connectivity index (χ1) is 18.0. The molecule has 1 aliphatic heterocycles. The van der Waals surface area contributed by atoms with E-state index in [2.05, 4.69) is 53.4 Å². The number of aryl methyl sites for hydroxylation is 2. The number of pyridine rings is 1. The van der Waals surface area contributed by atoms with Crippen molar-refractivity contribution in [1.82, 2.24) is 19.0 Å². The molecule has 1 fully saturated rings. The van der Waals surface area contributed by atoms with Crippen molar-refractivity contribution >= 4 is 38.4 Å². The van der Waals surface area contributed by atoms with Crippen LogP contribution in [-0.2, 0) is 22.7 Å². The molecule has 10 heteroatoms. The van der Waals surface area contributed by atoms with Crippen LogP contribution in [0.5, 0.6) is 0 Å². The Kier molecular flexibility index (Phi) is 6.71. The van der Waals surface area contributed by atoms with Gasteiger partial charge in [0.15, 0.2) is 0 Å². The molecule has 0 bridgehead atoms. The summed E-state index contributed by atoms with van der Waals surface area (Å²) in [6.45, 7) is 10.2. The third-order valence-corrected chi connectivity index (χ3v) is 9.25. The average molecular weight is 541 g/mol. The molecule has 2 aromatic heterocycles. The zero-order chi connectivity index (χ0) is 27.2. The van der Waals surface area contributed by atoms with Crippen molar-refractivity contribution in [1.29, 1.82) is 0 Å². The van der Waals surface area contributed by atoms with E-state index in [-0.39, 0.29) is 12.5 Å². The Balaban J connectivity index is 1.30. The van der Waals surface area contributed by atoms with Gasteiger partial charge in [-0.25, -0.2) is 9.19 Å². The number of rotatable bonds is 9. The highest BCUT2D eigenvalue weighted by molar-refractivity contribution is 7.99. The first-order valence-corrected chi connectivity index (χ1v) is 14.6. The summed E-state index contributed by atoms with van der Waals surface area (Å²) >= 11 is 0. The van der Waals surface area contributed by atoms with Crippen LogP contribution in [-0.4, -0.2) is 47.9 Å². The Labute approximate surface area is 223 Å². The summed E-state index contributed by atoms with van der Waals surface area (Å²) in [4.78, 5) is 4.75. The van der Waals surface area contributed by atoms with Crippen molar-refractivity contribution in [2.45, 2.75) is 51.8 Å². The normalized spacial score (nSPS) is 17.9. The molecular formula is C28H34F2N6OS. The molecule has 3 aromatic rings. The van der Waals surface area contributed by atoms with Crippen LogP contribution in [0, 0.1) is 12.8 Å². The Hall–Kier alpha value is -3.40. The number of benzene rings is 1. The molecule has 3 heterocycles. The number of anilines is 1. The Bertz CT molecular complexity index is 1500. The van der Waals surface area contributed by atoms with E-state index in [4.69, 9.17) is 4.98 Å².